The van der Waals surface area contributed by atoms with Crippen LogP contribution in [0.15, 0.2) is 30.3 Å². The molecule has 26 heavy (non-hydrogen) atoms. The lowest BCUT2D eigenvalue weighted by atomic mass is 10.0. The lowest BCUT2D eigenvalue weighted by Gasteiger charge is -2.36. The molecule has 2 aliphatic rings. The molecule has 2 atom stereocenters. The third-order valence-corrected chi connectivity index (χ3v) is 5.45. The van der Waals surface area contributed by atoms with Crippen LogP contribution in [0.2, 0.25) is 0 Å². The molecule has 0 aliphatic carbocycles. The molecule has 3 rings (SSSR count). The Labute approximate surface area is 156 Å². The Kier molecular flexibility index (Phi) is 6.67. The molecule has 2 amide bonds. The molecule has 2 heterocycles. The summed E-state index contributed by atoms with van der Waals surface area (Å²) >= 11 is 0. The Hall–Kier alpha value is -1.88. The van der Waals surface area contributed by atoms with Crippen LogP contribution in [0, 0.1) is 0 Å². The largest absolute Gasteiger partial charge is 0.352 e. The molecule has 1 aromatic rings. The fourth-order valence-electron chi connectivity index (χ4n) is 4.15. The quantitative estimate of drug-likeness (QED) is 0.851. The van der Waals surface area contributed by atoms with Crippen LogP contribution in [-0.2, 0) is 16.1 Å². The van der Waals surface area contributed by atoms with Crippen molar-refractivity contribution in [2.75, 3.05) is 19.6 Å². The molecule has 2 saturated heterocycles. The molecule has 5 heteroatoms. The fraction of sp³-hybridized carbons (Fsp3) is 0.619. The van der Waals surface area contributed by atoms with Crippen LogP contribution in [0.4, 0.5) is 0 Å². The summed E-state index contributed by atoms with van der Waals surface area (Å²) in [6.45, 7) is 5.30. The maximum atomic E-state index is 13.1. The summed E-state index contributed by atoms with van der Waals surface area (Å²) in [5.41, 5.74) is 1.26. The Bertz CT molecular complexity index is 605. The molecule has 142 valence electrons. The van der Waals surface area contributed by atoms with Crippen LogP contribution in [0.25, 0.3) is 0 Å². The number of hydrogen-bond donors (Lipinski definition) is 1. The zero-order valence-corrected chi connectivity index (χ0v) is 15.8. The van der Waals surface area contributed by atoms with Gasteiger partial charge < -0.3 is 10.2 Å². The minimum Gasteiger partial charge on any atom is -0.352 e. The maximum absolute atomic E-state index is 13.1. The van der Waals surface area contributed by atoms with Gasteiger partial charge in [0.25, 0.3) is 0 Å². The molecule has 0 saturated carbocycles. The average molecular weight is 357 g/mol. The van der Waals surface area contributed by atoms with Gasteiger partial charge in [-0.15, -0.1) is 0 Å². The number of amides is 2. The molecule has 2 aliphatic heterocycles. The Morgan fingerprint density at radius 1 is 1.12 bits per heavy atom. The van der Waals surface area contributed by atoms with E-state index in [0.717, 1.165) is 51.7 Å². The van der Waals surface area contributed by atoms with E-state index >= 15 is 0 Å². The van der Waals surface area contributed by atoms with Crippen molar-refractivity contribution in [2.45, 2.75) is 64.1 Å². The SMILES string of the molecule is CCCC(=O)NC1CCCN(C(=O)C2CCCN2Cc2ccccc2)C1. The number of rotatable bonds is 6. The van der Waals surface area contributed by atoms with Crippen LogP contribution in [0.5, 0.6) is 0 Å². The van der Waals surface area contributed by atoms with Crippen molar-refractivity contribution >= 4 is 11.8 Å². The first kappa shape index (κ1) is 18.9. The van der Waals surface area contributed by atoms with E-state index in [4.69, 9.17) is 0 Å². The van der Waals surface area contributed by atoms with Gasteiger partial charge in [0.2, 0.25) is 11.8 Å². The Morgan fingerprint density at radius 2 is 1.88 bits per heavy atom. The topological polar surface area (TPSA) is 52.7 Å². The number of nitrogens with one attached hydrogen (secondary N) is 1. The summed E-state index contributed by atoms with van der Waals surface area (Å²) in [7, 11) is 0. The van der Waals surface area contributed by atoms with Gasteiger partial charge >= 0.3 is 0 Å². The second kappa shape index (κ2) is 9.17. The smallest absolute Gasteiger partial charge is 0.240 e. The molecule has 0 bridgehead atoms. The van der Waals surface area contributed by atoms with Crippen molar-refractivity contribution in [3.05, 3.63) is 35.9 Å². The van der Waals surface area contributed by atoms with Crippen LogP contribution in [-0.4, -0.2) is 53.3 Å². The highest BCUT2D eigenvalue weighted by Crippen LogP contribution is 2.23. The second-order valence-corrected chi connectivity index (χ2v) is 7.56. The first-order valence-electron chi connectivity index (χ1n) is 10.0. The molecular weight excluding hydrogens is 326 g/mol. The van der Waals surface area contributed by atoms with E-state index in [0.29, 0.717) is 13.0 Å². The van der Waals surface area contributed by atoms with Gasteiger partial charge in [-0.2, -0.15) is 0 Å². The van der Waals surface area contributed by atoms with E-state index in [1.165, 1.54) is 5.56 Å². The van der Waals surface area contributed by atoms with Gasteiger partial charge in [0, 0.05) is 32.1 Å². The first-order valence-corrected chi connectivity index (χ1v) is 10.0. The van der Waals surface area contributed by atoms with Crippen LogP contribution in [0.3, 0.4) is 0 Å². The minimum atomic E-state index is -0.0136. The molecule has 1 aromatic carbocycles. The number of carbonyl (C=O) groups is 2. The molecule has 0 radical (unpaired) electrons. The summed E-state index contributed by atoms with van der Waals surface area (Å²) in [5, 5.41) is 3.10. The van der Waals surface area contributed by atoms with Crippen molar-refractivity contribution in [3.8, 4) is 0 Å². The number of hydrogen-bond acceptors (Lipinski definition) is 3. The van der Waals surface area contributed by atoms with Crippen molar-refractivity contribution in [2.24, 2.45) is 0 Å². The van der Waals surface area contributed by atoms with E-state index < -0.39 is 0 Å². The highest BCUT2D eigenvalue weighted by atomic mass is 16.2. The standard InChI is InChI=1S/C21H31N3O2/c1-2-8-20(25)22-18-11-6-14-24(16-18)21(26)19-12-7-13-23(19)15-17-9-4-3-5-10-17/h3-5,9-10,18-19H,2,6-8,11-16H2,1H3,(H,22,25). The number of benzene rings is 1. The molecule has 0 spiro atoms. The highest BCUT2D eigenvalue weighted by molar-refractivity contribution is 5.82. The molecule has 0 aromatic heterocycles. The molecular formula is C21H31N3O2. The highest BCUT2D eigenvalue weighted by Gasteiger charge is 2.35. The first-order chi connectivity index (χ1) is 12.7. The summed E-state index contributed by atoms with van der Waals surface area (Å²) in [6, 6.07) is 10.5. The number of carbonyl (C=O) groups excluding carboxylic acids is 2. The monoisotopic (exact) mass is 357 g/mol. The lowest BCUT2D eigenvalue weighted by molar-refractivity contribution is -0.138. The van der Waals surface area contributed by atoms with Crippen molar-refractivity contribution in [1.29, 1.82) is 0 Å². The predicted octanol–water partition coefficient (Wildman–Crippen LogP) is 2.56. The lowest BCUT2D eigenvalue weighted by Crippen LogP contribution is -2.53. The average Bonchev–Trinajstić information content (AvgIpc) is 3.10. The van der Waals surface area contributed by atoms with Gasteiger partial charge in [0.1, 0.15) is 0 Å². The number of piperidine rings is 1. The van der Waals surface area contributed by atoms with Crippen molar-refractivity contribution in [3.63, 3.8) is 0 Å². The molecule has 5 nitrogen and oxygen atoms in total. The normalized spacial score (nSPS) is 23.8. The number of nitrogens with zero attached hydrogens (tertiary/aromatic N) is 2. The van der Waals surface area contributed by atoms with Crippen molar-refractivity contribution < 1.29 is 9.59 Å². The van der Waals surface area contributed by atoms with Crippen LogP contribution < -0.4 is 5.32 Å². The van der Waals surface area contributed by atoms with Gasteiger partial charge in [0.15, 0.2) is 0 Å². The summed E-state index contributed by atoms with van der Waals surface area (Å²) in [5.74, 6) is 0.353. The minimum absolute atomic E-state index is 0.0136. The zero-order valence-electron chi connectivity index (χ0n) is 15.8. The van der Waals surface area contributed by atoms with Gasteiger partial charge in [-0.05, 0) is 44.2 Å². The molecule has 1 N–H and O–H groups in total. The summed E-state index contributed by atoms with van der Waals surface area (Å²) in [4.78, 5) is 29.3. The predicted molar refractivity (Wildman–Crippen MR) is 103 cm³/mol. The van der Waals surface area contributed by atoms with Gasteiger partial charge in [-0.3, -0.25) is 14.5 Å². The molecule has 2 unspecified atom stereocenters. The third kappa shape index (κ3) is 4.85. The maximum Gasteiger partial charge on any atom is 0.240 e. The second-order valence-electron chi connectivity index (χ2n) is 7.56. The van der Waals surface area contributed by atoms with E-state index in [1.807, 2.05) is 17.9 Å². The van der Waals surface area contributed by atoms with Crippen LogP contribution in [0.1, 0.15) is 51.0 Å². The van der Waals surface area contributed by atoms with Gasteiger partial charge in [-0.1, -0.05) is 37.3 Å². The van der Waals surface area contributed by atoms with E-state index in [-0.39, 0.29) is 23.9 Å². The Balaban J connectivity index is 1.57. The van der Waals surface area contributed by atoms with Crippen LogP contribution >= 0.6 is 0 Å². The fourth-order valence-corrected chi connectivity index (χ4v) is 4.15. The zero-order chi connectivity index (χ0) is 18.4. The van der Waals surface area contributed by atoms with Crippen molar-refractivity contribution in [1.82, 2.24) is 15.1 Å². The van der Waals surface area contributed by atoms with Gasteiger partial charge in [0.05, 0.1) is 6.04 Å². The third-order valence-electron chi connectivity index (χ3n) is 5.45. The summed E-state index contributed by atoms with van der Waals surface area (Å²) < 4.78 is 0. The van der Waals surface area contributed by atoms with E-state index in [9.17, 15) is 9.59 Å². The summed E-state index contributed by atoms with van der Waals surface area (Å²) in [6.07, 6.45) is 5.38. The Morgan fingerprint density at radius 3 is 2.65 bits per heavy atom. The van der Waals surface area contributed by atoms with E-state index in [2.05, 4.69) is 34.5 Å². The van der Waals surface area contributed by atoms with E-state index in [1.54, 1.807) is 0 Å². The molecule has 2 fully saturated rings. The number of likely N-dealkylation sites (tertiary alicyclic amines) is 2. The van der Waals surface area contributed by atoms with Gasteiger partial charge in [-0.25, -0.2) is 0 Å².